The zero-order chi connectivity index (χ0) is 12.3. The lowest BCUT2D eigenvalue weighted by atomic mass is 10.1. The van der Waals surface area contributed by atoms with E-state index >= 15 is 0 Å². The largest absolute Gasteiger partial charge is 0.311 e. The van der Waals surface area contributed by atoms with Gasteiger partial charge in [-0.3, -0.25) is 4.79 Å². The van der Waals surface area contributed by atoms with Crippen LogP contribution in [-0.2, 0) is 4.79 Å². The molecule has 2 aromatic rings. The molecule has 2 aromatic heterocycles. The van der Waals surface area contributed by atoms with Gasteiger partial charge in [-0.2, -0.15) is 0 Å². The maximum absolute atomic E-state index is 10.9. The van der Waals surface area contributed by atoms with Crippen LogP contribution in [0, 0.1) is 0 Å². The molecule has 5 heteroatoms. The topological polar surface area (TPSA) is 54.9 Å². The van der Waals surface area contributed by atoms with E-state index in [0.717, 1.165) is 11.1 Å². The fourth-order valence-corrected chi connectivity index (χ4v) is 1.68. The fraction of sp³-hybridized carbons (Fsp3) is 0.0833. The van der Waals surface area contributed by atoms with E-state index in [-0.39, 0.29) is 5.91 Å². The van der Waals surface area contributed by atoms with Crippen LogP contribution >= 0.6 is 11.6 Å². The van der Waals surface area contributed by atoms with Gasteiger partial charge in [0.1, 0.15) is 11.0 Å². The first-order chi connectivity index (χ1) is 8.16. The van der Waals surface area contributed by atoms with Gasteiger partial charge in [0.25, 0.3) is 0 Å². The number of aromatic nitrogens is 2. The molecule has 2 heterocycles. The monoisotopic (exact) mass is 247 g/mol. The second kappa shape index (κ2) is 4.93. The zero-order valence-corrected chi connectivity index (χ0v) is 9.90. The Balaban J connectivity index is 2.40. The lowest BCUT2D eigenvalue weighted by Gasteiger charge is -2.05. The molecule has 0 fully saturated rings. The van der Waals surface area contributed by atoms with Crippen molar-refractivity contribution in [3.05, 3.63) is 41.8 Å². The number of hydrogen-bond donors (Lipinski definition) is 1. The highest BCUT2D eigenvalue weighted by atomic mass is 35.5. The molecular formula is C12H10ClN3O. The van der Waals surface area contributed by atoms with E-state index in [1.807, 2.05) is 12.1 Å². The van der Waals surface area contributed by atoms with E-state index in [1.165, 1.54) is 6.92 Å². The second-order valence-corrected chi connectivity index (χ2v) is 3.81. The molecule has 0 saturated carbocycles. The standard InChI is InChI=1S/C12H10ClN3O/c1-8(17)16-11-7-9(4-6-14-11)10-3-2-5-15-12(10)13/h2-7H,1H3,(H,14,16,17). The Labute approximate surface area is 104 Å². The molecule has 0 atom stereocenters. The molecule has 0 aliphatic rings. The number of carbonyl (C=O) groups excluding carboxylic acids is 1. The van der Waals surface area contributed by atoms with Crippen LogP contribution in [0.1, 0.15) is 6.92 Å². The summed E-state index contributed by atoms with van der Waals surface area (Å²) in [5, 5.41) is 3.04. The summed E-state index contributed by atoms with van der Waals surface area (Å²) in [6.07, 6.45) is 3.24. The summed E-state index contributed by atoms with van der Waals surface area (Å²) in [6, 6.07) is 7.24. The van der Waals surface area contributed by atoms with E-state index in [4.69, 9.17) is 11.6 Å². The van der Waals surface area contributed by atoms with E-state index in [2.05, 4.69) is 15.3 Å². The second-order valence-electron chi connectivity index (χ2n) is 3.45. The zero-order valence-electron chi connectivity index (χ0n) is 9.14. The minimum atomic E-state index is -0.160. The number of nitrogens with one attached hydrogen (secondary N) is 1. The number of anilines is 1. The van der Waals surface area contributed by atoms with Crippen molar-refractivity contribution in [3.63, 3.8) is 0 Å². The average Bonchev–Trinajstić information content (AvgIpc) is 2.29. The summed E-state index contributed by atoms with van der Waals surface area (Å²) >= 11 is 6.00. The Morgan fingerprint density at radius 3 is 2.82 bits per heavy atom. The van der Waals surface area contributed by atoms with Crippen molar-refractivity contribution in [2.24, 2.45) is 0 Å². The van der Waals surface area contributed by atoms with Gasteiger partial charge in [-0.15, -0.1) is 0 Å². The van der Waals surface area contributed by atoms with Crippen LogP contribution in [0.25, 0.3) is 11.1 Å². The third-order valence-electron chi connectivity index (χ3n) is 2.13. The summed E-state index contributed by atoms with van der Waals surface area (Å²) in [5.74, 6) is 0.335. The molecule has 0 unspecified atom stereocenters. The molecule has 1 amide bonds. The van der Waals surface area contributed by atoms with Gasteiger partial charge in [0.15, 0.2) is 0 Å². The fourth-order valence-electron chi connectivity index (χ4n) is 1.45. The minimum absolute atomic E-state index is 0.160. The molecule has 0 bridgehead atoms. The summed E-state index contributed by atoms with van der Waals surface area (Å²) in [7, 11) is 0. The first-order valence-corrected chi connectivity index (χ1v) is 5.39. The highest BCUT2D eigenvalue weighted by Crippen LogP contribution is 2.26. The Morgan fingerprint density at radius 1 is 1.29 bits per heavy atom. The molecule has 0 radical (unpaired) electrons. The van der Waals surface area contributed by atoms with E-state index < -0.39 is 0 Å². The first kappa shape index (κ1) is 11.5. The molecule has 0 spiro atoms. The number of pyridine rings is 2. The van der Waals surface area contributed by atoms with Crippen molar-refractivity contribution < 1.29 is 4.79 Å². The molecule has 0 aromatic carbocycles. The predicted octanol–water partition coefficient (Wildman–Crippen LogP) is 2.76. The maximum atomic E-state index is 10.9. The Kier molecular flexibility index (Phi) is 3.35. The lowest BCUT2D eigenvalue weighted by molar-refractivity contribution is -0.114. The van der Waals surface area contributed by atoms with Crippen LogP contribution in [-0.4, -0.2) is 15.9 Å². The third kappa shape index (κ3) is 2.79. The molecule has 0 aliphatic carbocycles. The molecule has 0 saturated heterocycles. The SMILES string of the molecule is CC(=O)Nc1cc(-c2cccnc2Cl)ccn1. The van der Waals surface area contributed by atoms with Gasteiger partial charge >= 0.3 is 0 Å². The van der Waals surface area contributed by atoms with Crippen molar-refractivity contribution in [3.8, 4) is 11.1 Å². The Morgan fingerprint density at radius 2 is 2.12 bits per heavy atom. The van der Waals surface area contributed by atoms with Gasteiger partial charge in [-0.25, -0.2) is 9.97 Å². The van der Waals surface area contributed by atoms with E-state index in [9.17, 15) is 4.79 Å². The van der Waals surface area contributed by atoms with Crippen LogP contribution in [0.2, 0.25) is 5.15 Å². The maximum Gasteiger partial charge on any atom is 0.222 e. The van der Waals surface area contributed by atoms with Crippen molar-refractivity contribution in [2.75, 3.05) is 5.32 Å². The minimum Gasteiger partial charge on any atom is -0.311 e. The van der Waals surface area contributed by atoms with Gasteiger partial charge in [0.2, 0.25) is 5.91 Å². The van der Waals surface area contributed by atoms with Gasteiger partial charge in [0, 0.05) is 24.9 Å². The van der Waals surface area contributed by atoms with Crippen molar-refractivity contribution in [1.29, 1.82) is 0 Å². The Hall–Kier alpha value is -1.94. The molecule has 2 rings (SSSR count). The van der Waals surface area contributed by atoms with Crippen molar-refractivity contribution in [2.45, 2.75) is 6.92 Å². The lowest BCUT2D eigenvalue weighted by Crippen LogP contribution is -2.07. The molecule has 86 valence electrons. The smallest absolute Gasteiger partial charge is 0.222 e. The van der Waals surface area contributed by atoms with Gasteiger partial charge in [0.05, 0.1) is 0 Å². The van der Waals surface area contributed by atoms with Gasteiger partial charge in [-0.05, 0) is 29.8 Å². The first-order valence-electron chi connectivity index (χ1n) is 5.01. The number of rotatable bonds is 2. The van der Waals surface area contributed by atoms with Crippen LogP contribution in [0.5, 0.6) is 0 Å². The molecule has 1 N–H and O–H groups in total. The Bertz CT molecular complexity index is 557. The van der Waals surface area contributed by atoms with Crippen LogP contribution in [0.4, 0.5) is 5.82 Å². The summed E-state index contributed by atoms with van der Waals surface area (Å²) in [6.45, 7) is 1.44. The van der Waals surface area contributed by atoms with Crippen LogP contribution in [0.15, 0.2) is 36.7 Å². The van der Waals surface area contributed by atoms with Crippen LogP contribution < -0.4 is 5.32 Å². The molecular weight excluding hydrogens is 238 g/mol. The normalized spacial score (nSPS) is 10.0. The molecule has 17 heavy (non-hydrogen) atoms. The number of carbonyl (C=O) groups is 1. The van der Waals surface area contributed by atoms with Crippen molar-refractivity contribution >= 4 is 23.3 Å². The number of nitrogens with zero attached hydrogens (tertiary/aromatic N) is 2. The van der Waals surface area contributed by atoms with Crippen molar-refractivity contribution in [1.82, 2.24) is 9.97 Å². The highest BCUT2D eigenvalue weighted by molar-refractivity contribution is 6.32. The predicted molar refractivity (Wildman–Crippen MR) is 66.8 cm³/mol. The summed E-state index contributed by atoms with van der Waals surface area (Å²) < 4.78 is 0. The third-order valence-corrected chi connectivity index (χ3v) is 2.44. The number of amides is 1. The molecule has 4 nitrogen and oxygen atoms in total. The van der Waals surface area contributed by atoms with Gasteiger partial charge in [-0.1, -0.05) is 11.6 Å². The highest BCUT2D eigenvalue weighted by Gasteiger charge is 2.05. The van der Waals surface area contributed by atoms with Crippen LogP contribution in [0.3, 0.4) is 0 Å². The number of hydrogen-bond acceptors (Lipinski definition) is 3. The van der Waals surface area contributed by atoms with Gasteiger partial charge < -0.3 is 5.32 Å². The summed E-state index contributed by atoms with van der Waals surface area (Å²) in [4.78, 5) is 19.0. The quantitative estimate of drug-likeness (QED) is 0.831. The van der Waals surface area contributed by atoms with E-state index in [1.54, 1.807) is 24.5 Å². The molecule has 0 aliphatic heterocycles. The average molecular weight is 248 g/mol. The van der Waals surface area contributed by atoms with E-state index in [0.29, 0.717) is 11.0 Å². The summed E-state index contributed by atoms with van der Waals surface area (Å²) in [5.41, 5.74) is 1.67. The number of halogens is 1.